The van der Waals surface area contributed by atoms with Crippen molar-refractivity contribution in [3.63, 3.8) is 0 Å². The highest BCUT2D eigenvalue weighted by Crippen LogP contribution is 2.69. The Morgan fingerprint density at radius 3 is 2.53 bits per heavy atom. The highest BCUT2D eigenvalue weighted by molar-refractivity contribution is 5.82. The third-order valence-corrected chi connectivity index (χ3v) is 10.6. The second kappa shape index (κ2) is 7.13. The lowest BCUT2D eigenvalue weighted by atomic mass is 9.48. The first-order chi connectivity index (χ1) is 14.5. The van der Waals surface area contributed by atoms with E-state index < -0.39 is 0 Å². The molecule has 0 N–H and O–H groups in total. The van der Waals surface area contributed by atoms with E-state index in [1.807, 2.05) is 0 Å². The summed E-state index contributed by atoms with van der Waals surface area (Å²) < 4.78 is 0. The van der Waals surface area contributed by atoms with E-state index in [-0.39, 0.29) is 11.3 Å². The molecule has 1 aromatic heterocycles. The number of carbonyl (C=O) groups excluding carboxylic acids is 1. The summed E-state index contributed by atoms with van der Waals surface area (Å²) in [7, 11) is 0. The number of ketones is 1. The van der Waals surface area contributed by atoms with Gasteiger partial charge in [0.1, 0.15) is 6.54 Å². The summed E-state index contributed by atoms with van der Waals surface area (Å²) in [4.78, 5) is 14.9. The molecule has 0 aromatic carbocycles. The highest BCUT2D eigenvalue weighted by Gasteiger charge is 2.63. The highest BCUT2D eigenvalue weighted by atomic mass is 16.1. The molecule has 0 saturated heterocycles. The third-order valence-electron chi connectivity index (χ3n) is 10.6. The molecular formula is C25H38N4O. The number of tetrazole rings is 1. The van der Waals surface area contributed by atoms with Gasteiger partial charge in [0.25, 0.3) is 0 Å². The molecule has 6 rings (SSSR count). The fraction of sp³-hybridized carbons (Fsp3) is 0.920. The average Bonchev–Trinajstić information content (AvgIpc) is 3.35. The predicted molar refractivity (Wildman–Crippen MR) is 114 cm³/mol. The van der Waals surface area contributed by atoms with Crippen molar-refractivity contribution < 1.29 is 4.79 Å². The molecule has 5 heteroatoms. The van der Waals surface area contributed by atoms with E-state index in [4.69, 9.17) is 0 Å². The minimum Gasteiger partial charge on any atom is -0.297 e. The van der Waals surface area contributed by atoms with Crippen LogP contribution in [0.5, 0.6) is 0 Å². The molecule has 0 aliphatic heterocycles. The molecule has 30 heavy (non-hydrogen) atoms. The average molecular weight is 411 g/mol. The number of hydrogen-bond acceptors (Lipinski definition) is 4. The van der Waals surface area contributed by atoms with Crippen molar-refractivity contribution in [1.29, 1.82) is 0 Å². The summed E-state index contributed by atoms with van der Waals surface area (Å²) >= 11 is 0. The smallest absolute Gasteiger partial charge is 0.162 e. The summed E-state index contributed by atoms with van der Waals surface area (Å²) in [5, 5.41) is 11.9. The van der Waals surface area contributed by atoms with Crippen molar-refractivity contribution in [2.75, 3.05) is 0 Å². The van der Waals surface area contributed by atoms with Gasteiger partial charge in [0.2, 0.25) is 0 Å². The van der Waals surface area contributed by atoms with Crippen LogP contribution >= 0.6 is 0 Å². The number of Topliss-reactive ketones (excluding diaryl/α,β-unsaturated/α-hetero) is 1. The Balaban J connectivity index is 1.28. The molecule has 0 bridgehead atoms. The summed E-state index contributed by atoms with van der Waals surface area (Å²) in [5.41, 5.74) is 0.195. The summed E-state index contributed by atoms with van der Waals surface area (Å²) in [6.07, 6.45) is 15.3. The molecule has 5 fully saturated rings. The molecule has 0 amide bonds. The minimum absolute atomic E-state index is 0.195. The fourth-order valence-corrected chi connectivity index (χ4v) is 9.28. The lowest BCUT2D eigenvalue weighted by molar-refractivity contribution is -0.132. The SMILES string of the molecule is C[C@H]1CC[C@H]2[C@H](CC[C@H]3C4[C@H](C5CC5)C[C@H](C(=O)Cn5ncnn5)[C@@]4(C)CC[C@H]23)C1. The van der Waals surface area contributed by atoms with E-state index in [1.165, 1.54) is 68.9 Å². The van der Waals surface area contributed by atoms with Crippen LogP contribution in [-0.4, -0.2) is 26.0 Å². The number of carbonyl (C=O) groups is 1. The molecule has 5 aliphatic rings. The Hall–Kier alpha value is -1.26. The van der Waals surface area contributed by atoms with E-state index in [1.54, 1.807) is 0 Å². The van der Waals surface area contributed by atoms with Crippen LogP contribution in [0.15, 0.2) is 6.33 Å². The van der Waals surface area contributed by atoms with Crippen LogP contribution in [0.2, 0.25) is 0 Å². The molecule has 1 heterocycles. The molecule has 5 aliphatic carbocycles. The van der Waals surface area contributed by atoms with Crippen LogP contribution in [0.4, 0.5) is 0 Å². The Kier molecular flexibility index (Phi) is 4.62. The van der Waals surface area contributed by atoms with E-state index in [0.717, 1.165) is 53.8 Å². The van der Waals surface area contributed by atoms with Gasteiger partial charge in [-0.1, -0.05) is 20.3 Å². The predicted octanol–water partition coefficient (Wildman–Crippen LogP) is 4.78. The van der Waals surface area contributed by atoms with Gasteiger partial charge in [-0.25, -0.2) is 0 Å². The third kappa shape index (κ3) is 3.01. The molecular weight excluding hydrogens is 372 g/mol. The molecule has 5 nitrogen and oxygen atoms in total. The molecule has 1 aromatic rings. The maximum absolute atomic E-state index is 13.5. The first-order valence-corrected chi connectivity index (χ1v) is 12.8. The maximum Gasteiger partial charge on any atom is 0.162 e. The largest absolute Gasteiger partial charge is 0.297 e. The van der Waals surface area contributed by atoms with Crippen LogP contribution in [0.3, 0.4) is 0 Å². The lowest BCUT2D eigenvalue weighted by Crippen LogP contribution is -2.50. The van der Waals surface area contributed by atoms with Gasteiger partial charge in [-0.15, -0.1) is 10.2 Å². The number of rotatable bonds is 4. The van der Waals surface area contributed by atoms with Crippen molar-refractivity contribution in [1.82, 2.24) is 20.2 Å². The maximum atomic E-state index is 13.5. The number of hydrogen-bond donors (Lipinski definition) is 0. The van der Waals surface area contributed by atoms with Crippen molar-refractivity contribution >= 4 is 5.78 Å². The summed E-state index contributed by atoms with van der Waals surface area (Å²) in [6.45, 7) is 5.28. The van der Waals surface area contributed by atoms with Gasteiger partial charge in [-0.3, -0.25) is 4.79 Å². The van der Waals surface area contributed by atoms with Crippen molar-refractivity contribution in [3.05, 3.63) is 6.33 Å². The number of aromatic nitrogens is 4. The molecule has 164 valence electrons. The van der Waals surface area contributed by atoms with Crippen LogP contribution in [0.1, 0.15) is 78.1 Å². The van der Waals surface area contributed by atoms with E-state index in [9.17, 15) is 4.79 Å². The van der Waals surface area contributed by atoms with Crippen molar-refractivity contribution in [2.24, 2.45) is 58.7 Å². The minimum atomic E-state index is 0.195. The quantitative estimate of drug-likeness (QED) is 0.716. The Bertz CT molecular complexity index is 789. The Morgan fingerprint density at radius 1 is 0.967 bits per heavy atom. The number of fused-ring (bicyclic) bond motifs is 5. The van der Waals surface area contributed by atoms with Crippen LogP contribution in [0.25, 0.3) is 0 Å². The first-order valence-electron chi connectivity index (χ1n) is 12.8. The van der Waals surface area contributed by atoms with Gasteiger partial charge in [-0.2, -0.15) is 4.80 Å². The van der Waals surface area contributed by atoms with Gasteiger partial charge >= 0.3 is 0 Å². The number of nitrogens with zero attached hydrogens (tertiary/aromatic N) is 4. The zero-order valence-corrected chi connectivity index (χ0v) is 18.7. The molecule has 0 radical (unpaired) electrons. The van der Waals surface area contributed by atoms with Crippen LogP contribution in [0, 0.1) is 58.7 Å². The fourth-order valence-electron chi connectivity index (χ4n) is 9.28. The molecule has 9 atom stereocenters. The Labute approximate surface area is 180 Å². The monoisotopic (exact) mass is 410 g/mol. The van der Waals surface area contributed by atoms with Gasteiger partial charge in [0.05, 0.1) is 0 Å². The van der Waals surface area contributed by atoms with Gasteiger partial charge in [0, 0.05) is 5.92 Å². The molecule has 1 unspecified atom stereocenters. The van der Waals surface area contributed by atoms with E-state index in [0.29, 0.717) is 12.3 Å². The first kappa shape index (κ1) is 19.4. The zero-order chi connectivity index (χ0) is 20.5. The summed E-state index contributed by atoms with van der Waals surface area (Å²) in [6, 6.07) is 0. The standard InChI is InChI=1S/C25H38N4O/c1-15-3-7-18-17(11-15)6-8-20-19(18)9-10-25(2)22(12-21(24(20)25)16-4-5-16)23(30)13-29-27-14-26-28-29/h14-22,24H,3-13H2,1-2H3/t15-,17+,18-,19+,20+,21-,22+,24?,25+/m0/s1. The van der Waals surface area contributed by atoms with Crippen molar-refractivity contribution in [3.8, 4) is 0 Å². The Morgan fingerprint density at radius 2 is 1.77 bits per heavy atom. The van der Waals surface area contributed by atoms with E-state index in [2.05, 4.69) is 29.3 Å². The molecule has 0 spiro atoms. The second-order valence-electron chi connectivity index (χ2n) is 12.0. The van der Waals surface area contributed by atoms with Crippen LogP contribution < -0.4 is 0 Å². The normalized spacial score (nSPS) is 47.9. The van der Waals surface area contributed by atoms with Crippen LogP contribution in [-0.2, 0) is 11.3 Å². The summed E-state index contributed by atoms with van der Waals surface area (Å²) in [5.74, 6) is 7.78. The molecule has 5 saturated carbocycles. The van der Waals surface area contributed by atoms with E-state index >= 15 is 0 Å². The topological polar surface area (TPSA) is 60.7 Å². The van der Waals surface area contributed by atoms with Crippen molar-refractivity contribution in [2.45, 2.75) is 84.6 Å². The van der Waals surface area contributed by atoms with Gasteiger partial charge in [-0.05, 0) is 116 Å². The van der Waals surface area contributed by atoms with Gasteiger partial charge in [0.15, 0.2) is 12.1 Å². The zero-order valence-electron chi connectivity index (χ0n) is 18.7. The second-order valence-corrected chi connectivity index (χ2v) is 12.0. The van der Waals surface area contributed by atoms with Gasteiger partial charge < -0.3 is 0 Å². The lowest BCUT2D eigenvalue weighted by Gasteiger charge is -2.57.